The van der Waals surface area contributed by atoms with Crippen molar-refractivity contribution in [3.63, 3.8) is 0 Å². The molecular formula is C15H23N3O. The second-order valence-electron chi connectivity index (χ2n) is 5.27. The molecule has 19 heavy (non-hydrogen) atoms. The smallest absolute Gasteiger partial charge is 0.238 e. The van der Waals surface area contributed by atoms with Gasteiger partial charge in [-0.1, -0.05) is 18.6 Å². The maximum atomic E-state index is 12.1. The van der Waals surface area contributed by atoms with E-state index in [4.69, 9.17) is 5.73 Å². The van der Waals surface area contributed by atoms with Gasteiger partial charge in [-0.05, 0) is 44.0 Å². The van der Waals surface area contributed by atoms with Crippen molar-refractivity contribution in [2.75, 3.05) is 25.0 Å². The van der Waals surface area contributed by atoms with Crippen LogP contribution >= 0.6 is 0 Å². The molecular weight excluding hydrogens is 238 g/mol. The first kappa shape index (κ1) is 14.0. The Balaban J connectivity index is 1.90. The van der Waals surface area contributed by atoms with E-state index in [9.17, 15) is 4.79 Å². The van der Waals surface area contributed by atoms with Crippen LogP contribution in [0, 0.1) is 6.92 Å². The Morgan fingerprint density at radius 3 is 3.05 bits per heavy atom. The molecule has 1 unspecified atom stereocenters. The van der Waals surface area contributed by atoms with E-state index in [1.54, 1.807) is 0 Å². The minimum Gasteiger partial charge on any atom is -0.329 e. The highest BCUT2D eigenvalue weighted by atomic mass is 16.2. The lowest BCUT2D eigenvalue weighted by molar-refractivity contribution is -0.118. The minimum atomic E-state index is 0.0472. The Hall–Kier alpha value is -1.39. The van der Waals surface area contributed by atoms with Gasteiger partial charge in [0.15, 0.2) is 0 Å². The van der Waals surface area contributed by atoms with Gasteiger partial charge < -0.3 is 11.1 Å². The van der Waals surface area contributed by atoms with Crippen LogP contribution in [0.25, 0.3) is 0 Å². The first-order valence-electron chi connectivity index (χ1n) is 6.99. The zero-order valence-corrected chi connectivity index (χ0v) is 11.6. The van der Waals surface area contributed by atoms with Crippen molar-refractivity contribution in [1.29, 1.82) is 0 Å². The van der Waals surface area contributed by atoms with Crippen LogP contribution in [0.1, 0.15) is 24.8 Å². The van der Waals surface area contributed by atoms with Gasteiger partial charge in [-0.15, -0.1) is 0 Å². The van der Waals surface area contributed by atoms with E-state index >= 15 is 0 Å². The number of benzene rings is 1. The fourth-order valence-electron chi connectivity index (χ4n) is 2.64. The van der Waals surface area contributed by atoms with Crippen LogP contribution in [0.2, 0.25) is 0 Å². The number of likely N-dealkylation sites (tertiary alicyclic amines) is 1. The Bertz CT molecular complexity index is 433. The molecule has 3 N–H and O–H groups in total. The largest absolute Gasteiger partial charge is 0.329 e. The fraction of sp³-hybridized carbons (Fsp3) is 0.533. The molecule has 1 aliphatic rings. The lowest BCUT2D eigenvalue weighted by Crippen LogP contribution is -2.47. The molecule has 104 valence electrons. The summed E-state index contributed by atoms with van der Waals surface area (Å²) in [4.78, 5) is 14.3. The first-order chi connectivity index (χ1) is 9.19. The molecule has 1 aromatic carbocycles. The topological polar surface area (TPSA) is 58.4 Å². The summed E-state index contributed by atoms with van der Waals surface area (Å²) < 4.78 is 0. The number of nitrogens with zero attached hydrogens (tertiary/aromatic N) is 1. The number of carbonyl (C=O) groups excluding carboxylic acids is 1. The van der Waals surface area contributed by atoms with Crippen LogP contribution in [-0.4, -0.2) is 36.5 Å². The number of anilines is 1. The molecule has 1 aromatic rings. The molecule has 1 amide bonds. The van der Waals surface area contributed by atoms with E-state index in [0.29, 0.717) is 19.1 Å². The summed E-state index contributed by atoms with van der Waals surface area (Å²) in [6.07, 6.45) is 3.49. The Morgan fingerprint density at radius 1 is 1.47 bits per heavy atom. The number of nitrogens with one attached hydrogen (secondary N) is 1. The minimum absolute atomic E-state index is 0.0472. The fourth-order valence-corrected chi connectivity index (χ4v) is 2.64. The lowest BCUT2D eigenvalue weighted by Gasteiger charge is -2.34. The van der Waals surface area contributed by atoms with Gasteiger partial charge in [-0.3, -0.25) is 9.69 Å². The van der Waals surface area contributed by atoms with Crippen LogP contribution < -0.4 is 11.1 Å². The molecule has 4 nitrogen and oxygen atoms in total. The van der Waals surface area contributed by atoms with E-state index in [1.165, 1.54) is 6.42 Å². The van der Waals surface area contributed by atoms with Gasteiger partial charge in [-0.2, -0.15) is 0 Å². The summed E-state index contributed by atoms with van der Waals surface area (Å²) in [6, 6.07) is 8.23. The highest BCUT2D eigenvalue weighted by Crippen LogP contribution is 2.16. The summed E-state index contributed by atoms with van der Waals surface area (Å²) in [5, 5.41) is 2.95. The third kappa shape index (κ3) is 4.04. The molecule has 0 aliphatic carbocycles. The molecule has 0 bridgehead atoms. The molecule has 1 aliphatic heterocycles. The summed E-state index contributed by atoms with van der Waals surface area (Å²) in [7, 11) is 0. The SMILES string of the molecule is Cc1cccc(NC(=O)CN2CCCCC2CN)c1. The van der Waals surface area contributed by atoms with Crippen molar-refractivity contribution in [3.8, 4) is 0 Å². The molecule has 0 aromatic heterocycles. The van der Waals surface area contributed by atoms with E-state index < -0.39 is 0 Å². The number of nitrogens with two attached hydrogens (primary N) is 1. The van der Waals surface area contributed by atoms with E-state index in [0.717, 1.165) is 30.6 Å². The van der Waals surface area contributed by atoms with Crippen molar-refractivity contribution < 1.29 is 4.79 Å². The lowest BCUT2D eigenvalue weighted by atomic mass is 10.0. The predicted octanol–water partition coefficient (Wildman–Crippen LogP) is 1.75. The summed E-state index contributed by atoms with van der Waals surface area (Å²) in [5.41, 5.74) is 7.78. The average molecular weight is 261 g/mol. The first-order valence-corrected chi connectivity index (χ1v) is 6.99. The number of hydrogen-bond acceptors (Lipinski definition) is 3. The molecule has 0 radical (unpaired) electrons. The number of rotatable bonds is 4. The van der Waals surface area contributed by atoms with Gasteiger partial charge in [-0.25, -0.2) is 0 Å². The van der Waals surface area contributed by atoms with Gasteiger partial charge in [0.1, 0.15) is 0 Å². The molecule has 0 saturated carbocycles. The van der Waals surface area contributed by atoms with Crippen LogP contribution in [-0.2, 0) is 4.79 Å². The van der Waals surface area contributed by atoms with Crippen LogP contribution in [0.5, 0.6) is 0 Å². The second-order valence-corrected chi connectivity index (χ2v) is 5.27. The van der Waals surface area contributed by atoms with Crippen molar-refractivity contribution in [2.45, 2.75) is 32.2 Å². The molecule has 0 spiro atoms. The normalized spacial score (nSPS) is 20.2. The number of piperidine rings is 1. The van der Waals surface area contributed by atoms with Crippen molar-refractivity contribution in [3.05, 3.63) is 29.8 Å². The molecule has 2 rings (SSSR count). The van der Waals surface area contributed by atoms with E-state index in [2.05, 4.69) is 10.2 Å². The van der Waals surface area contributed by atoms with Gasteiger partial charge in [0.2, 0.25) is 5.91 Å². The highest BCUT2D eigenvalue weighted by Gasteiger charge is 2.22. The number of carbonyl (C=O) groups is 1. The molecule has 1 saturated heterocycles. The summed E-state index contributed by atoms with van der Waals surface area (Å²) >= 11 is 0. The molecule has 4 heteroatoms. The monoisotopic (exact) mass is 261 g/mol. The zero-order valence-electron chi connectivity index (χ0n) is 11.6. The molecule has 1 heterocycles. The molecule has 1 fully saturated rings. The summed E-state index contributed by atoms with van der Waals surface area (Å²) in [5.74, 6) is 0.0472. The predicted molar refractivity (Wildman–Crippen MR) is 78.1 cm³/mol. The Labute approximate surface area is 115 Å². The van der Waals surface area contributed by atoms with Gasteiger partial charge >= 0.3 is 0 Å². The second kappa shape index (κ2) is 6.68. The highest BCUT2D eigenvalue weighted by molar-refractivity contribution is 5.92. The zero-order chi connectivity index (χ0) is 13.7. The quantitative estimate of drug-likeness (QED) is 0.868. The number of hydrogen-bond donors (Lipinski definition) is 2. The number of amides is 1. The Morgan fingerprint density at radius 2 is 2.32 bits per heavy atom. The van der Waals surface area contributed by atoms with Gasteiger partial charge in [0.05, 0.1) is 6.54 Å². The number of aryl methyl sites for hydroxylation is 1. The van der Waals surface area contributed by atoms with Crippen LogP contribution in [0.3, 0.4) is 0 Å². The Kier molecular flexibility index (Phi) is 4.93. The third-order valence-electron chi connectivity index (χ3n) is 3.67. The van der Waals surface area contributed by atoms with Crippen molar-refractivity contribution in [2.24, 2.45) is 5.73 Å². The van der Waals surface area contributed by atoms with E-state index in [-0.39, 0.29) is 5.91 Å². The third-order valence-corrected chi connectivity index (χ3v) is 3.67. The maximum Gasteiger partial charge on any atom is 0.238 e. The van der Waals surface area contributed by atoms with Crippen LogP contribution in [0.15, 0.2) is 24.3 Å². The maximum absolute atomic E-state index is 12.1. The van der Waals surface area contributed by atoms with E-state index in [1.807, 2.05) is 31.2 Å². The summed E-state index contributed by atoms with van der Waals surface area (Å²) in [6.45, 7) is 4.07. The van der Waals surface area contributed by atoms with Crippen molar-refractivity contribution >= 4 is 11.6 Å². The average Bonchev–Trinajstić information content (AvgIpc) is 2.39. The standard InChI is InChI=1S/C15H23N3O/c1-12-5-4-6-13(9-12)17-15(19)11-18-8-3-2-7-14(18)10-16/h4-6,9,14H,2-3,7-8,10-11,16H2,1H3,(H,17,19). The molecule has 1 atom stereocenters. The van der Waals surface area contributed by atoms with Crippen LogP contribution in [0.4, 0.5) is 5.69 Å². The van der Waals surface area contributed by atoms with Gasteiger partial charge in [0, 0.05) is 18.3 Å². The van der Waals surface area contributed by atoms with Gasteiger partial charge in [0.25, 0.3) is 0 Å². The van der Waals surface area contributed by atoms with Crippen molar-refractivity contribution in [1.82, 2.24) is 4.90 Å².